The number of halogens is 1. The van der Waals surface area contributed by atoms with Crippen LogP contribution < -0.4 is 14.4 Å². The van der Waals surface area contributed by atoms with Crippen molar-refractivity contribution in [2.75, 3.05) is 36.8 Å². The third kappa shape index (κ3) is 7.12. The predicted molar refractivity (Wildman–Crippen MR) is 140 cm³/mol. The van der Waals surface area contributed by atoms with Gasteiger partial charge >= 0.3 is 0 Å². The van der Waals surface area contributed by atoms with Gasteiger partial charge in [-0.1, -0.05) is 31.0 Å². The topological polar surface area (TPSA) is 113 Å². The third-order valence-corrected chi connectivity index (χ3v) is 9.17. The Morgan fingerprint density at radius 2 is 1.75 bits per heavy atom. The Morgan fingerprint density at radius 3 is 2.33 bits per heavy atom. The molecule has 0 radical (unpaired) electrons. The molecule has 0 aliphatic carbocycles. The van der Waals surface area contributed by atoms with Gasteiger partial charge in [0.05, 0.1) is 23.4 Å². The van der Waals surface area contributed by atoms with Crippen LogP contribution in [0.1, 0.15) is 32.6 Å². The molecule has 1 saturated heterocycles. The molecule has 12 heteroatoms. The van der Waals surface area contributed by atoms with Gasteiger partial charge in [-0.25, -0.2) is 16.8 Å². The van der Waals surface area contributed by atoms with Crippen LogP contribution in [0, 0.1) is 0 Å². The van der Waals surface area contributed by atoms with E-state index in [0.29, 0.717) is 29.5 Å². The van der Waals surface area contributed by atoms with Gasteiger partial charge in [0.2, 0.25) is 26.0 Å². The lowest BCUT2D eigenvalue weighted by molar-refractivity contribution is -0.122. The number of amides is 1. The molecule has 0 spiro atoms. The summed E-state index contributed by atoms with van der Waals surface area (Å²) in [6.07, 6.45) is 4.07. The second-order valence-corrected chi connectivity index (χ2v) is 12.8. The molecule has 0 bridgehead atoms. The smallest absolute Gasteiger partial charge is 0.244 e. The molecule has 2 aromatic carbocycles. The molecular formula is C24H32ClN3O6S2. The van der Waals surface area contributed by atoms with E-state index in [1.54, 1.807) is 37.3 Å². The number of sulfonamides is 2. The largest absolute Gasteiger partial charge is 0.492 e. The molecule has 1 atom stereocenters. The van der Waals surface area contributed by atoms with Crippen LogP contribution in [-0.2, 0) is 24.8 Å². The number of ether oxygens (including phenoxy) is 1. The first-order chi connectivity index (χ1) is 17.0. The fourth-order valence-corrected chi connectivity index (χ4v) is 7.00. The highest BCUT2D eigenvalue weighted by Gasteiger charge is 2.31. The number of rotatable bonds is 11. The average Bonchev–Trinajstić information content (AvgIpc) is 2.85. The molecule has 3 rings (SSSR count). The van der Waals surface area contributed by atoms with E-state index in [1.807, 2.05) is 0 Å². The van der Waals surface area contributed by atoms with E-state index in [0.717, 1.165) is 29.8 Å². The minimum absolute atomic E-state index is 0.121. The van der Waals surface area contributed by atoms with Gasteiger partial charge in [-0.3, -0.25) is 9.10 Å². The van der Waals surface area contributed by atoms with Gasteiger partial charge in [0.1, 0.15) is 18.4 Å². The summed E-state index contributed by atoms with van der Waals surface area (Å²) in [5.74, 6) is 0.0000444. The summed E-state index contributed by atoms with van der Waals surface area (Å²) in [4.78, 5) is 13.1. The molecule has 0 aromatic heterocycles. The number of benzene rings is 2. The maximum Gasteiger partial charge on any atom is 0.244 e. The van der Waals surface area contributed by atoms with Gasteiger partial charge in [-0.05, 0) is 61.7 Å². The third-order valence-electron chi connectivity index (χ3n) is 5.84. The first kappa shape index (κ1) is 28.2. The van der Waals surface area contributed by atoms with Gasteiger partial charge in [-0.2, -0.15) is 4.31 Å². The normalized spacial score (nSPS) is 15.8. The summed E-state index contributed by atoms with van der Waals surface area (Å²) >= 11 is 6.03. The van der Waals surface area contributed by atoms with E-state index in [1.165, 1.54) is 22.5 Å². The van der Waals surface area contributed by atoms with Crippen LogP contribution in [0.25, 0.3) is 0 Å². The van der Waals surface area contributed by atoms with Crippen molar-refractivity contribution in [3.63, 3.8) is 0 Å². The summed E-state index contributed by atoms with van der Waals surface area (Å²) in [7, 11) is -7.27. The van der Waals surface area contributed by atoms with Crippen molar-refractivity contribution >= 4 is 43.2 Å². The molecular weight excluding hydrogens is 526 g/mol. The number of piperidine rings is 1. The number of nitrogens with zero attached hydrogens (tertiary/aromatic N) is 2. The molecule has 1 amide bonds. The standard InChI is InChI=1S/C24H32ClN3O6S2/c1-3-23(28(35(2,30)31)20-9-7-8-19(25)18-20)24(29)26-14-17-34-21-10-12-22(13-11-21)36(32,33)27-15-5-4-6-16-27/h7-13,18,23H,3-6,14-17H2,1-2H3,(H,26,29)/t23-/m1/s1. The Labute approximate surface area is 218 Å². The van der Waals surface area contributed by atoms with Crippen molar-refractivity contribution in [1.29, 1.82) is 0 Å². The van der Waals surface area contributed by atoms with Crippen LogP contribution in [0.3, 0.4) is 0 Å². The Balaban J connectivity index is 1.57. The highest BCUT2D eigenvalue weighted by Crippen LogP contribution is 2.26. The van der Waals surface area contributed by atoms with Crippen LogP contribution >= 0.6 is 11.6 Å². The summed E-state index contributed by atoms with van der Waals surface area (Å²) in [5.41, 5.74) is 0.308. The first-order valence-electron chi connectivity index (χ1n) is 11.8. The average molecular weight is 558 g/mol. The molecule has 2 aromatic rings. The predicted octanol–water partition coefficient (Wildman–Crippen LogP) is 3.25. The number of hydrogen-bond acceptors (Lipinski definition) is 6. The lowest BCUT2D eigenvalue weighted by atomic mass is 10.2. The molecule has 9 nitrogen and oxygen atoms in total. The zero-order valence-electron chi connectivity index (χ0n) is 20.4. The van der Waals surface area contributed by atoms with E-state index in [4.69, 9.17) is 16.3 Å². The van der Waals surface area contributed by atoms with Crippen molar-refractivity contribution in [2.24, 2.45) is 0 Å². The number of carbonyl (C=O) groups excluding carboxylic acids is 1. The minimum atomic E-state index is -3.76. The van der Waals surface area contributed by atoms with Gasteiger partial charge in [0.15, 0.2) is 0 Å². The van der Waals surface area contributed by atoms with Gasteiger partial charge in [0, 0.05) is 18.1 Å². The Morgan fingerprint density at radius 1 is 1.08 bits per heavy atom. The van der Waals surface area contributed by atoms with Crippen LogP contribution in [0.5, 0.6) is 5.75 Å². The maximum atomic E-state index is 12.9. The van der Waals surface area contributed by atoms with Crippen LogP contribution in [-0.4, -0.2) is 65.6 Å². The van der Waals surface area contributed by atoms with E-state index >= 15 is 0 Å². The SMILES string of the molecule is CC[C@H](C(=O)NCCOc1ccc(S(=O)(=O)N2CCCCC2)cc1)N(c1cccc(Cl)c1)S(C)(=O)=O. The molecule has 1 aliphatic heterocycles. The molecule has 1 heterocycles. The first-order valence-corrected chi connectivity index (χ1v) is 15.5. The molecule has 0 saturated carbocycles. The number of nitrogens with one attached hydrogen (secondary N) is 1. The van der Waals surface area contributed by atoms with Crippen LogP contribution in [0.2, 0.25) is 5.02 Å². The van der Waals surface area contributed by atoms with Gasteiger partial charge in [0.25, 0.3) is 0 Å². The summed E-state index contributed by atoms with van der Waals surface area (Å²) in [5, 5.41) is 3.07. The number of carbonyl (C=O) groups is 1. The minimum Gasteiger partial charge on any atom is -0.492 e. The van der Waals surface area contributed by atoms with E-state index in [-0.39, 0.29) is 24.5 Å². The fourth-order valence-electron chi connectivity index (χ4n) is 4.10. The number of hydrogen-bond donors (Lipinski definition) is 1. The molecule has 198 valence electrons. The second-order valence-electron chi connectivity index (χ2n) is 8.54. The van der Waals surface area contributed by atoms with Crippen molar-refractivity contribution in [2.45, 2.75) is 43.5 Å². The van der Waals surface area contributed by atoms with Crippen molar-refractivity contribution in [3.8, 4) is 5.75 Å². The lowest BCUT2D eigenvalue weighted by Gasteiger charge is -2.30. The molecule has 1 N–H and O–H groups in total. The second kappa shape index (κ2) is 12.3. The van der Waals surface area contributed by atoms with E-state index in [2.05, 4.69) is 5.32 Å². The summed E-state index contributed by atoms with van der Waals surface area (Å²) in [6.45, 7) is 3.05. The van der Waals surface area contributed by atoms with Gasteiger partial charge in [-0.15, -0.1) is 0 Å². The highest BCUT2D eigenvalue weighted by molar-refractivity contribution is 7.92. The zero-order chi connectivity index (χ0) is 26.3. The summed E-state index contributed by atoms with van der Waals surface area (Å²) in [6, 6.07) is 11.6. The Kier molecular flexibility index (Phi) is 9.62. The van der Waals surface area contributed by atoms with Crippen molar-refractivity contribution in [1.82, 2.24) is 9.62 Å². The van der Waals surface area contributed by atoms with Crippen LogP contribution in [0.15, 0.2) is 53.4 Å². The van der Waals surface area contributed by atoms with Crippen molar-refractivity contribution in [3.05, 3.63) is 53.6 Å². The lowest BCUT2D eigenvalue weighted by Crippen LogP contribution is -2.50. The maximum absolute atomic E-state index is 12.9. The molecule has 1 fully saturated rings. The molecule has 36 heavy (non-hydrogen) atoms. The fraction of sp³-hybridized carbons (Fsp3) is 0.458. The summed E-state index contributed by atoms with van der Waals surface area (Å²) < 4.78 is 58.7. The Bertz CT molecular complexity index is 1250. The highest BCUT2D eigenvalue weighted by atomic mass is 35.5. The van der Waals surface area contributed by atoms with E-state index in [9.17, 15) is 21.6 Å². The number of anilines is 1. The zero-order valence-corrected chi connectivity index (χ0v) is 22.8. The monoisotopic (exact) mass is 557 g/mol. The quantitative estimate of drug-likeness (QED) is 0.424. The Hall–Kier alpha value is -2.34. The van der Waals surface area contributed by atoms with Crippen LogP contribution in [0.4, 0.5) is 5.69 Å². The molecule has 1 aliphatic rings. The van der Waals surface area contributed by atoms with Gasteiger partial charge < -0.3 is 10.1 Å². The molecule has 0 unspecified atom stereocenters. The van der Waals surface area contributed by atoms with Crippen molar-refractivity contribution < 1.29 is 26.4 Å². The van der Waals surface area contributed by atoms with E-state index < -0.39 is 32.0 Å².